The number of carbonyl (C=O) groups is 2. The third-order valence-corrected chi connectivity index (χ3v) is 5.49. The fourth-order valence-corrected chi connectivity index (χ4v) is 3.63. The highest BCUT2D eigenvalue weighted by atomic mass is 35.5. The maximum absolute atomic E-state index is 13.4. The molecule has 0 aliphatic rings. The predicted molar refractivity (Wildman–Crippen MR) is 126 cm³/mol. The van der Waals surface area contributed by atoms with Gasteiger partial charge in [-0.3, -0.25) is 19.7 Å². The number of halogens is 2. The van der Waals surface area contributed by atoms with Crippen LogP contribution in [0.4, 0.5) is 5.69 Å². The van der Waals surface area contributed by atoms with Gasteiger partial charge in [0.2, 0.25) is 11.8 Å². The quantitative estimate of drug-likeness (QED) is 0.417. The molecule has 2 rings (SSSR count). The SMILES string of the molecule is CC[C@@H](C(=O)NC(C)(C)C)N(Cc1ccc(Cl)c(Cl)c1)C(=O)Cc1ccccc1[N+](=O)[O-]. The Balaban J connectivity index is 2.41. The summed E-state index contributed by atoms with van der Waals surface area (Å²) in [5.41, 5.74) is 0.355. The molecule has 0 aromatic heterocycles. The van der Waals surface area contributed by atoms with Crippen LogP contribution in [-0.2, 0) is 22.6 Å². The van der Waals surface area contributed by atoms with Gasteiger partial charge in [0.25, 0.3) is 5.69 Å². The van der Waals surface area contributed by atoms with Gasteiger partial charge in [0, 0.05) is 23.7 Å². The zero-order valence-electron chi connectivity index (χ0n) is 18.5. The van der Waals surface area contributed by atoms with Crippen LogP contribution in [0.1, 0.15) is 45.2 Å². The molecular weight excluding hydrogens is 453 g/mol. The normalized spacial score (nSPS) is 12.2. The number of carbonyl (C=O) groups excluding carboxylic acids is 2. The van der Waals surface area contributed by atoms with E-state index in [0.717, 1.165) is 0 Å². The lowest BCUT2D eigenvalue weighted by Gasteiger charge is -2.33. The van der Waals surface area contributed by atoms with E-state index in [2.05, 4.69) is 5.32 Å². The van der Waals surface area contributed by atoms with E-state index in [4.69, 9.17) is 23.2 Å². The first-order chi connectivity index (χ1) is 14.9. The van der Waals surface area contributed by atoms with Crippen LogP contribution in [0.25, 0.3) is 0 Å². The summed E-state index contributed by atoms with van der Waals surface area (Å²) in [5, 5.41) is 15.0. The van der Waals surface area contributed by atoms with Crippen molar-refractivity contribution in [2.75, 3.05) is 0 Å². The highest BCUT2D eigenvalue weighted by molar-refractivity contribution is 6.42. The second kappa shape index (κ2) is 10.8. The molecule has 2 amide bonds. The van der Waals surface area contributed by atoms with Crippen LogP contribution in [0.15, 0.2) is 42.5 Å². The minimum absolute atomic E-state index is 0.104. The van der Waals surface area contributed by atoms with Gasteiger partial charge in [-0.25, -0.2) is 0 Å². The van der Waals surface area contributed by atoms with Gasteiger partial charge in [-0.1, -0.05) is 54.4 Å². The van der Waals surface area contributed by atoms with E-state index in [-0.39, 0.29) is 30.1 Å². The minimum Gasteiger partial charge on any atom is -0.350 e. The standard InChI is InChI=1S/C23H27Cl2N3O4/c1-5-19(22(30)26-23(2,3)4)27(14-15-10-11-17(24)18(25)12-15)21(29)13-16-8-6-7-9-20(16)28(31)32/h6-12,19H,5,13-14H2,1-4H3,(H,26,30)/t19-/m0/s1. The number of para-hydroxylation sites is 1. The molecule has 0 fully saturated rings. The molecule has 0 saturated carbocycles. The van der Waals surface area contributed by atoms with Crippen molar-refractivity contribution >= 4 is 40.7 Å². The van der Waals surface area contributed by atoms with Crippen molar-refractivity contribution in [1.29, 1.82) is 0 Å². The lowest BCUT2D eigenvalue weighted by Crippen LogP contribution is -2.53. The van der Waals surface area contributed by atoms with Crippen LogP contribution in [0.5, 0.6) is 0 Å². The Kier molecular flexibility index (Phi) is 8.64. The third kappa shape index (κ3) is 6.93. The fourth-order valence-electron chi connectivity index (χ4n) is 3.31. The van der Waals surface area contributed by atoms with Gasteiger partial charge >= 0.3 is 0 Å². The van der Waals surface area contributed by atoms with Crippen molar-refractivity contribution in [1.82, 2.24) is 10.2 Å². The Bertz CT molecular complexity index is 1000. The maximum Gasteiger partial charge on any atom is 0.273 e. The molecule has 7 nitrogen and oxygen atoms in total. The summed E-state index contributed by atoms with van der Waals surface area (Å²) >= 11 is 12.1. The monoisotopic (exact) mass is 479 g/mol. The summed E-state index contributed by atoms with van der Waals surface area (Å²) in [4.78, 5) is 38.7. The van der Waals surface area contributed by atoms with Gasteiger partial charge < -0.3 is 10.2 Å². The fraction of sp³-hybridized carbons (Fsp3) is 0.391. The van der Waals surface area contributed by atoms with Crippen molar-refractivity contribution in [3.8, 4) is 0 Å². The maximum atomic E-state index is 13.4. The molecule has 32 heavy (non-hydrogen) atoms. The molecule has 0 aliphatic carbocycles. The lowest BCUT2D eigenvalue weighted by molar-refractivity contribution is -0.385. The summed E-state index contributed by atoms with van der Waals surface area (Å²) in [6, 6.07) is 10.3. The Hall–Kier alpha value is -2.64. The molecular formula is C23H27Cl2N3O4. The van der Waals surface area contributed by atoms with E-state index in [1.165, 1.54) is 11.0 Å². The van der Waals surface area contributed by atoms with Crippen LogP contribution in [0.3, 0.4) is 0 Å². The number of hydrogen-bond acceptors (Lipinski definition) is 4. The van der Waals surface area contributed by atoms with Crippen LogP contribution >= 0.6 is 23.2 Å². The number of amides is 2. The topological polar surface area (TPSA) is 92.6 Å². The first kappa shape index (κ1) is 25.6. The van der Waals surface area contributed by atoms with Crippen LogP contribution in [0, 0.1) is 10.1 Å². The molecule has 2 aromatic rings. The van der Waals surface area contributed by atoms with E-state index < -0.39 is 22.4 Å². The Labute approximate surface area is 197 Å². The number of hydrogen-bond donors (Lipinski definition) is 1. The average molecular weight is 480 g/mol. The summed E-state index contributed by atoms with van der Waals surface area (Å²) in [5.74, 6) is -0.697. The Morgan fingerprint density at radius 1 is 1.12 bits per heavy atom. The van der Waals surface area contributed by atoms with E-state index in [9.17, 15) is 19.7 Å². The zero-order valence-corrected chi connectivity index (χ0v) is 20.0. The highest BCUT2D eigenvalue weighted by Gasteiger charge is 2.31. The number of nitrogens with one attached hydrogen (secondary N) is 1. The molecule has 0 saturated heterocycles. The van der Waals surface area contributed by atoms with E-state index in [1.54, 1.807) is 36.4 Å². The van der Waals surface area contributed by atoms with Gasteiger partial charge in [-0.2, -0.15) is 0 Å². The number of benzene rings is 2. The largest absolute Gasteiger partial charge is 0.350 e. The zero-order chi connectivity index (χ0) is 24.1. The van der Waals surface area contributed by atoms with Crippen molar-refractivity contribution in [2.24, 2.45) is 0 Å². The molecule has 172 valence electrons. The lowest BCUT2D eigenvalue weighted by atomic mass is 10.0. The molecule has 1 N–H and O–H groups in total. The first-order valence-electron chi connectivity index (χ1n) is 10.2. The van der Waals surface area contributed by atoms with Crippen LogP contribution in [0.2, 0.25) is 10.0 Å². The number of nitro groups is 1. The van der Waals surface area contributed by atoms with E-state index >= 15 is 0 Å². The summed E-state index contributed by atoms with van der Waals surface area (Å²) in [7, 11) is 0. The van der Waals surface area contributed by atoms with E-state index in [1.807, 2.05) is 27.7 Å². The molecule has 0 radical (unpaired) electrons. The number of nitro benzene ring substituents is 1. The molecule has 9 heteroatoms. The molecule has 0 heterocycles. The minimum atomic E-state index is -0.765. The van der Waals surface area contributed by atoms with Gasteiger partial charge in [0.15, 0.2) is 0 Å². The molecule has 0 bridgehead atoms. The molecule has 0 aliphatic heterocycles. The van der Waals surface area contributed by atoms with Crippen LogP contribution < -0.4 is 5.32 Å². The van der Waals surface area contributed by atoms with Gasteiger partial charge in [-0.15, -0.1) is 0 Å². The summed E-state index contributed by atoms with van der Waals surface area (Å²) in [6.45, 7) is 7.49. The molecule has 0 unspecified atom stereocenters. The second-order valence-corrected chi connectivity index (χ2v) is 9.31. The first-order valence-corrected chi connectivity index (χ1v) is 11.0. The van der Waals surface area contributed by atoms with Gasteiger partial charge in [0.05, 0.1) is 21.4 Å². The molecule has 1 atom stereocenters. The second-order valence-electron chi connectivity index (χ2n) is 8.50. The van der Waals surface area contributed by atoms with Gasteiger partial charge in [-0.05, 0) is 44.9 Å². The summed E-state index contributed by atoms with van der Waals surface area (Å²) in [6.07, 6.45) is 0.156. The summed E-state index contributed by atoms with van der Waals surface area (Å²) < 4.78 is 0. The van der Waals surface area contributed by atoms with Crippen molar-refractivity contribution in [3.05, 3.63) is 73.8 Å². The van der Waals surface area contributed by atoms with Gasteiger partial charge in [0.1, 0.15) is 6.04 Å². The number of nitrogens with zero attached hydrogens (tertiary/aromatic N) is 2. The average Bonchev–Trinajstić information content (AvgIpc) is 2.69. The highest BCUT2D eigenvalue weighted by Crippen LogP contribution is 2.25. The van der Waals surface area contributed by atoms with Crippen molar-refractivity contribution in [3.63, 3.8) is 0 Å². The molecule has 2 aromatic carbocycles. The Morgan fingerprint density at radius 2 is 1.78 bits per heavy atom. The van der Waals surface area contributed by atoms with Crippen LogP contribution in [-0.4, -0.2) is 33.2 Å². The van der Waals surface area contributed by atoms with Crippen molar-refractivity contribution in [2.45, 2.75) is 58.7 Å². The Morgan fingerprint density at radius 3 is 2.34 bits per heavy atom. The third-order valence-electron chi connectivity index (χ3n) is 4.75. The van der Waals surface area contributed by atoms with Crippen molar-refractivity contribution < 1.29 is 14.5 Å². The number of rotatable bonds is 8. The smallest absolute Gasteiger partial charge is 0.273 e. The molecule has 0 spiro atoms. The van der Waals surface area contributed by atoms with E-state index in [0.29, 0.717) is 22.0 Å². The predicted octanol–water partition coefficient (Wildman–Crippen LogP) is 5.17.